The summed E-state index contributed by atoms with van der Waals surface area (Å²) in [6, 6.07) is 8.39. The van der Waals surface area contributed by atoms with Crippen molar-refractivity contribution >= 4 is 24.8 Å². The molecule has 0 saturated carbocycles. The molecule has 0 spiro atoms. The summed E-state index contributed by atoms with van der Waals surface area (Å²) in [7, 11) is 0. The Morgan fingerprint density at radius 1 is 0.571 bits per heavy atom. The summed E-state index contributed by atoms with van der Waals surface area (Å²) in [5.41, 5.74) is 1.36. The van der Waals surface area contributed by atoms with Crippen molar-refractivity contribution < 1.29 is 0 Å². The standard InChI is InChI=1S/C36H62N4.2ClH/c1-3-5-7-9-15-19-23-36-33-34(37)24-32-40(36)29-22-18-14-12-11-13-17-21-28-39-30-25-35(26-31-39)38-27-20-16-10-8-6-4-2;;/h24-26,30-33,37H,3-23,27-29H2,1-2H3;2*1H. The lowest BCUT2D eigenvalue weighted by molar-refractivity contribution is 0.516. The number of aromatic nitrogens is 2. The number of halogens is 2. The Kier molecular flexibility index (Phi) is 27.2. The van der Waals surface area contributed by atoms with Gasteiger partial charge in [-0.1, -0.05) is 117 Å². The SMILES string of the molecule is CCCCCCCCN=c1ccn(CCCCCCCCCCn2ccc(=N)cc2CCCCCCCC)cc1.Cl.Cl. The van der Waals surface area contributed by atoms with Gasteiger partial charge in [-0.2, -0.15) is 0 Å². The van der Waals surface area contributed by atoms with Gasteiger partial charge >= 0.3 is 0 Å². The highest BCUT2D eigenvalue weighted by atomic mass is 35.5. The minimum Gasteiger partial charge on any atom is -0.354 e. The first-order chi connectivity index (χ1) is 19.7. The Morgan fingerprint density at radius 2 is 1.07 bits per heavy atom. The first kappa shape index (κ1) is 40.5. The van der Waals surface area contributed by atoms with Gasteiger partial charge in [0, 0.05) is 43.9 Å². The maximum atomic E-state index is 8.03. The van der Waals surface area contributed by atoms with Crippen LogP contribution in [0.25, 0.3) is 0 Å². The van der Waals surface area contributed by atoms with E-state index in [-0.39, 0.29) is 24.8 Å². The summed E-state index contributed by atoms with van der Waals surface area (Å²) in [5.74, 6) is 0. The van der Waals surface area contributed by atoms with Crippen molar-refractivity contribution in [1.82, 2.24) is 9.13 Å². The van der Waals surface area contributed by atoms with Crippen molar-refractivity contribution in [3.8, 4) is 0 Å². The van der Waals surface area contributed by atoms with Crippen molar-refractivity contribution in [3.05, 3.63) is 59.3 Å². The molecule has 0 aliphatic rings. The van der Waals surface area contributed by atoms with Crippen LogP contribution in [0.5, 0.6) is 0 Å². The molecule has 2 rings (SSSR count). The van der Waals surface area contributed by atoms with Crippen molar-refractivity contribution in [1.29, 1.82) is 5.41 Å². The number of nitrogens with zero attached hydrogens (tertiary/aromatic N) is 3. The van der Waals surface area contributed by atoms with E-state index < -0.39 is 0 Å². The van der Waals surface area contributed by atoms with Gasteiger partial charge in [0.05, 0.1) is 10.7 Å². The van der Waals surface area contributed by atoms with Gasteiger partial charge < -0.3 is 14.5 Å². The number of hydrogen-bond donors (Lipinski definition) is 1. The molecule has 0 fully saturated rings. The van der Waals surface area contributed by atoms with Crippen LogP contribution in [0.3, 0.4) is 0 Å². The molecule has 0 atom stereocenters. The third kappa shape index (κ3) is 20.4. The Balaban J connectivity index is 0.00000840. The first-order valence-electron chi connectivity index (χ1n) is 17.1. The third-order valence-electron chi connectivity index (χ3n) is 8.16. The zero-order valence-corrected chi connectivity index (χ0v) is 28.8. The van der Waals surface area contributed by atoms with Crippen molar-refractivity contribution in [2.75, 3.05) is 6.54 Å². The molecule has 0 aliphatic carbocycles. The summed E-state index contributed by atoms with van der Waals surface area (Å²) in [5, 5.41) is 9.81. The zero-order chi connectivity index (χ0) is 28.5. The maximum absolute atomic E-state index is 8.03. The van der Waals surface area contributed by atoms with Gasteiger partial charge in [-0.25, -0.2) is 0 Å². The average molecular weight is 624 g/mol. The van der Waals surface area contributed by atoms with Crippen LogP contribution >= 0.6 is 24.8 Å². The zero-order valence-electron chi connectivity index (χ0n) is 27.2. The van der Waals surface area contributed by atoms with E-state index in [2.05, 4.69) is 59.8 Å². The second kappa shape index (κ2) is 28.3. The van der Waals surface area contributed by atoms with Crippen LogP contribution in [-0.2, 0) is 19.5 Å². The van der Waals surface area contributed by atoms with Crippen LogP contribution in [0.15, 0.2) is 47.8 Å². The monoisotopic (exact) mass is 622 g/mol. The molecular formula is C36H64Cl2N4. The topological polar surface area (TPSA) is 46.1 Å². The molecular weight excluding hydrogens is 559 g/mol. The van der Waals surface area contributed by atoms with Crippen LogP contribution in [-0.4, -0.2) is 15.7 Å². The molecule has 0 saturated heterocycles. The van der Waals surface area contributed by atoms with E-state index in [1.165, 1.54) is 134 Å². The van der Waals surface area contributed by atoms with Gasteiger partial charge in [0.2, 0.25) is 0 Å². The van der Waals surface area contributed by atoms with E-state index in [4.69, 9.17) is 10.4 Å². The average Bonchev–Trinajstić information content (AvgIpc) is 2.97. The fourth-order valence-corrected chi connectivity index (χ4v) is 5.54. The molecule has 0 aliphatic heterocycles. The van der Waals surface area contributed by atoms with E-state index in [0.717, 1.165) is 31.4 Å². The molecule has 1 N–H and O–H groups in total. The van der Waals surface area contributed by atoms with Crippen LogP contribution in [0.2, 0.25) is 0 Å². The summed E-state index contributed by atoms with van der Waals surface area (Å²) in [6.07, 6.45) is 34.2. The van der Waals surface area contributed by atoms with E-state index in [0.29, 0.717) is 5.36 Å². The van der Waals surface area contributed by atoms with Crippen LogP contribution in [0.1, 0.15) is 148 Å². The maximum Gasteiger partial charge on any atom is 0.0603 e. The number of hydrogen-bond acceptors (Lipinski definition) is 2. The molecule has 4 nitrogen and oxygen atoms in total. The Labute approximate surface area is 271 Å². The van der Waals surface area contributed by atoms with E-state index in [9.17, 15) is 0 Å². The fourth-order valence-electron chi connectivity index (χ4n) is 5.54. The second-order valence-corrected chi connectivity index (χ2v) is 11.9. The van der Waals surface area contributed by atoms with Crippen molar-refractivity contribution in [2.45, 2.75) is 162 Å². The van der Waals surface area contributed by atoms with Gasteiger partial charge in [-0.05, 0) is 56.4 Å². The summed E-state index contributed by atoms with van der Waals surface area (Å²) in [6.45, 7) is 7.74. The fraction of sp³-hybridized carbons (Fsp3) is 0.722. The molecule has 0 unspecified atom stereocenters. The summed E-state index contributed by atoms with van der Waals surface area (Å²) < 4.78 is 4.73. The van der Waals surface area contributed by atoms with Gasteiger partial charge in [-0.15, -0.1) is 24.8 Å². The number of rotatable bonds is 25. The van der Waals surface area contributed by atoms with Crippen LogP contribution < -0.4 is 10.7 Å². The quantitative estimate of drug-likeness (QED) is 0.107. The normalized spacial score (nSPS) is 10.7. The predicted octanol–water partition coefficient (Wildman–Crippen LogP) is 10.6. The number of pyridine rings is 2. The van der Waals surface area contributed by atoms with E-state index in [1.54, 1.807) is 0 Å². The first-order valence-corrected chi connectivity index (χ1v) is 17.1. The summed E-state index contributed by atoms with van der Waals surface area (Å²) >= 11 is 0. The third-order valence-corrected chi connectivity index (χ3v) is 8.16. The highest BCUT2D eigenvalue weighted by Crippen LogP contribution is 2.13. The molecule has 0 bridgehead atoms. The van der Waals surface area contributed by atoms with Crippen LogP contribution in [0, 0.1) is 5.41 Å². The highest BCUT2D eigenvalue weighted by molar-refractivity contribution is 5.85. The second-order valence-electron chi connectivity index (χ2n) is 11.9. The largest absolute Gasteiger partial charge is 0.354 e. The molecule has 2 aromatic rings. The van der Waals surface area contributed by atoms with Crippen molar-refractivity contribution in [2.24, 2.45) is 4.99 Å². The summed E-state index contributed by atoms with van der Waals surface area (Å²) in [4.78, 5) is 4.74. The van der Waals surface area contributed by atoms with Crippen molar-refractivity contribution in [3.63, 3.8) is 0 Å². The Morgan fingerprint density at radius 3 is 1.67 bits per heavy atom. The lowest BCUT2D eigenvalue weighted by Crippen LogP contribution is -2.12. The molecule has 2 aromatic heterocycles. The number of unbranched alkanes of at least 4 members (excludes halogenated alkanes) is 17. The molecule has 2 heterocycles. The Hall–Kier alpha value is -1.52. The molecule has 6 heteroatoms. The minimum absolute atomic E-state index is 0. The smallest absolute Gasteiger partial charge is 0.0603 e. The number of nitrogens with one attached hydrogen (secondary N) is 1. The van der Waals surface area contributed by atoms with E-state index in [1.807, 2.05) is 6.07 Å². The van der Waals surface area contributed by atoms with E-state index >= 15 is 0 Å². The lowest BCUT2D eigenvalue weighted by atomic mass is 10.1. The highest BCUT2D eigenvalue weighted by Gasteiger charge is 2.02. The van der Waals surface area contributed by atoms with Gasteiger partial charge in [0.25, 0.3) is 0 Å². The van der Waals surface area contributed by atoms with Gasteiger partial charge in [0.15, 0.2) is 0 Å². The molecule has 0 radical (unpaired) electrons. The number of aryl methyl sites for hydroxylation is 3. The van der Waals surface area contributed by atoms with Crippen LogP contribution in [0.4, 0.5) is 0 Å². The minimum atomic E-state index is 0. The van der Waals surface area contributed by atoms with Gasteiger partial charge in [0.1, 0.15) is 0 Å². The molecule has 0 aromatic carbocycles. The lowest BCUT2D eigenvalue weighted by Gasteiger charge is -2.14. The predicted molar refractivity (Wildman–Crippen MR) is 187 cm³/mol. The molecule has 242 valence electrons. The van der Waals surface area contributed by atoms with Gasteiger partial charge in [-0.3, -0.25) is 4.99 Å². The molecule has 0 amide bonds. The molecule has 42 heavy (non-hydrogen) atoms. The Bertz CT molecular complexity index is 978.